The molecule has 5 nitrogen and oxygen atoms in total. The number of imidazole rings is 1. The Morgan fingerprint density at radius 3 is 1.32 bits per heavy atom. The number of benzene rings is 10. The first-order valence-electron chi connectivity index (χ1n) is 26.3. The summed E-state index contributed by atoms with van der Waals surface area (Å²) in [7, 11) is 0. The Hall–Kier alpha value is -11.1. The lowest BCUT2D eigenvalue weighted by molar-refractivity contribution is 1.02. The van der Waals surface area contributed by atoms with Gasteiger partial charge in [-0.1, -0.05) is 223 Å². The maximum Gasteiger partial charge on any atom is 0.169 e. The molecule has 80 heavy (non-hydrogen) atoms. The van der Waals surface area contributed by atoms with Gasteiger partial charge in [0.15, 0.2) is 5.65 Å². The Balaban J connectivity index is 0.000000121. The molecule has 3 aromatic heterocycles. The molecule has 3 heterocycles. The predicted molar refractivity (Wildman–Crippen MR) is 330 cm³/mol. The molecule has 0 aliphatic carbocycles. The van der Waals surface area contributed by atoms with Crippen LogP contribution in [0.2, 0.25) is 0 Å². The van der Waals surface area contributed by atoms with Gasteiger partial charge >= 0.3 is 0 Å². The average Bonchev–Trinajstić information content (AvgIpc) is 3.99. The zero-order chi connectivity index (χ0) is 54.7. The highest BCUT2D eigenvalue weighted by Crippen LogP contribution is 2.22. The highest BCUT2D eigenvalue weighted by molar-refractivity contribution is 5.89. The molecule has 13 aromatic rings. The summed E-state index contributed by atoms with van der Waals surface area (Å²) < 4.78 is 1.96. The third-order valence-electron chi connectivity index (χ3n) is 12.7. The number of aromatic nitrogens is 5. The van der Waals surface area contributed by atoms with Crippen molar-refractivity contribution in [3.05, 3.63) is 329 Å². The van der Waals surface area contributed by atoms with Crippen molar-refractivity contribution in [1.82, 2.24) is 24.5 Å². The highest BCUT2D eigenvalue weighted by Gasteiger charge is 2.12. The van der Waals surface area contributed by atoms with E-state index in [4.69, 9.17) is 0 Å². The standard InChI is InChI=1S/C20H14N4.C19H14.C18H13N.C18H12/c1-15-22-18(13-12-16-8-4-2-5-9-16)19-20(23-15)24(14-21-19)17-10-6-3-7-11-17;1-15-9-11-16(12-10-15)13-14-18-7-4-6-17-5-2-3-8-19(17)18;1-14-13-16(12-11-15-7-3-2-4-8-15)17-9-5-6-10-18(17)19-14;1-2-7-15(8-3-1)13-14-17-11-6-10-16-9-4-5-12-18(16)17/h2-11,14H,1H3;2-12H,1H3;2-10,13H,1H3;1-12H. The number of nitrogens with zero attached hydrogens (tertiary/aromatic N) is 5. The van der Waals surface area contributed by atoms with Gasteiger partial charge in [0, 0.05) is 55.7 Å². The molecule has 13 rings (SSSR count). The summed E-state index contributed by atoms with van der Waals surface area (Å²) in [5, 5.41) is 6.00. The summed E-state index contributed by atoms with van der Waals surface area (Å²) in [6.07, 6.45) is 1.77. The van der Waals surface area contributed by atoms with Crippen LogP contribution in [0.15, 0.2) is 267 Å². The van der Waals surface area contributed by atoms with Crippen molar-refractivity contribution in [2.45, 2.75) is 20.8 Å². The van der Waals surface area contributed by atoms with E-state index in [0.717, 1.165) is 66.9 Å². The van der Waals surface area contributed by atoms with E-state index in [2.05, 4.69) is 189 Å². The number of hydrogen-bond acceptors (Lipinski definition) is 4. The number of aryl methyl sites for hydroxylation is 3. The van der Waals surface area contributed by atoms with Gasteiger partial charge < -0.3 is 0 Å². The Morgan fingerprint density at radius 1 is 0.338 bits per heavy atom. The minimum Gasteiger partial charge on any atom is -0.283 e. The SMILES string of the molecule is C(#Cc1cccc2ccccc12)c1ccccc1.Cc1cc(C#Cc2ccccc2)c2ccccc2n1.Cc1ccc(C#Cc2cccc3ccccc23)cc1.Cc1nc(C#Cc2ccccc2)c2ncn(-c3ccccc3)c2n1. The molecule has 0 atom stereocenters. The first-order chi connectivity index (χ1) is 39.4. The van der Waals surface area contributed by atoms with E-state index < -0.39 is 0 Å². The van der Waals surface area contributed by atoms with Crippen LogP contribution in [0.3, 0.4) is 0 Å². The summed E-state index contributed by atoms with van der Waals surface area (Å²) in [6.45, 7) is 5.96. The van der Waals surface area contributed by atoms with E-state index in [0.29, 0.717) is 17.0 Å². The van der Waals surface area contributed by atoms with E-state index in [-0.39, 0.29) is 0 Å². The van der Waals surface area contributed by atoms with Crippen molar-refractivity contribution in [2.24, 2.45) is 0 Å². The van der Waals surface area contributed by atoms with E-state index >= 15 is 0 Å². The summed E-state index contributed by atoms with van der Waals surface area (Å²) in [6, 6.07) is 87.6. The van der Waals surface area contributed by atoms with Gasteiger partial charge in [0.05, 0.1) is 5.52 Å². The van der Waals surface area contributed by atoms with Gasteiger partial charge in [-0.15, -0.1) is 0 Å². The largest absolute Gasteiger partial charge is 0.283 e. The van der Waals surface area contributed by atoms with Crippen LogP contribution in [0.1, 0.15) is 61.7 Å². The van der Waals surface area contributed by atoms with Crippen molar-refractivity contribution in [1.29, 1.82) is 0 Å². The smallest absolute Gasteiger partial charge is 0.169 e. The second-order valence-corrected chi connectivity index (χ2v) is 18.6. The van der Waals surface area contributed by atoms with Gasteiger partial charge in [0.25, 0.3) is 0 Å². The van der Waals surface area contributed by atoms with Crippen LogP contribution in [0, 0.1) is 68.1 Å². The molecule has 0 saturated carbocycles. The van der Waals surface area contributed by atoms with Crippen molar-refractivity contribution in [3.63, 3.8) is 0 Å². The van der Waals surface area contributed by atoms with Gasteiger partial charge in [-0.2, -0.15) is 0 Å². The molecule has 0 N–H and O–H groups in total. The Morgan fingerprint density at radius 2 is 0.775 bits per heavy atom. The van der Waals surface area contributed by atoms with Gasteiger partial charge in [-0.25, -0.2) is 15.0 Å². The Bertz CT molecular complexity index is 4490. The lowest BCUT2D eigenvalue weighted by Crippen LogP contribution is -1.98. The van der Waals surface area contributed by atoms with E-state index in [1.54, 1.807) is 6.33 Å². The zero-order valence-corrected chi connectivity index (χ0v) is 44.6. The van der Waals surface area contributed by atoms with Gasteiger partial charge in [0.1, 0.15) is 23.4 Å². The van der Waals surface area contributed by atoms with Crippen LogP contribution in [0.25, 0.3) is 49.3 Å². The predicted octanol–water partition coefficient (Wildman–Crippen LogP) is 16.3. The second-order valence-electron chi connectivity index (χ2n) is 18.6. The molecule has 0 bridgehead atoms. The molecular formula is C75H53N5. The quantitative estimate of drug-likeness (QED) is 0.154. The highest BCUT2D eigenvalue weighted by atomic mass is 15.1. The summed E-state index contributed by atoms with van der Waals surface area (Å²) >= 11 is 0. The van der Waals surface area contributed by atoms with E-state index in [1.165, 1.54) is 27.1 Å². The minimum atomic E-state index is 0.649. The molecule has 0 spiro atoms. The molecule has 0 aliphatic rings. The Kier molecular flexibility index (Phi) is 17.1. The molecule has 378 valence electrons. The first kappa shape index (κ1) is 52.4. The number of para-hydroxylation sites is 2. The van der Waals surface area contributed by atoms with Crippen LogP contribution in [0.4, 0.5) is 0 Å². The van der Waals surface area contributed by atoms with Crippen molar-refractivity contribution in [2.75, 3.05) is 0 Å². The number of fused-ring (bicyclic) bond motifs is 4. The third-order valence-corrected chi connectivity index (χ3v) is 12.7. The minimum absolute atomic E-state index is 0.649. The van der Waals surface area contributed by atoms with Crippen molar-refractivity contribution < 1.29 is 0 Å². The van der Waals surface area contributed by atoms with Crippen LogP contribution < -0.4 is 0 Å². The second kappa shape index (κ2) is 26.1. The summed E-state index contributed by atoms with van der Waals surface area (Å²) in [5.41, 5.74) is 13.7. The maximum atomic E-state index is 4.55. The van der Waals surface area contributed by atoms with Crippen molar-refractivity contribution in [3.8, 4) is 53.1 Å². The molecular weight excluding hydrogens is 971 g/mol. The number of pyridine rings is 1. The van der Waals surface area contributed by atoms with Crippen molar-refractivity contribution >= 4 is 43.6 Å². The molecule has 5 heteroatoms. The summed E-state index contributed by atoms with van der Waals surface area (Å²) in [5.74, 6) is 26.4. The first-order valence-corrected chi connectivity index (χ1v) is 26.3. The molecule has 0 saturated heterocycles. The van der Waals surface area contributed by atoms with E-state index in [1.807, 2.05) is 164 Å². The molecule has 0 fully saturated rings. The monoisotopic (exact) mass is 1020 g/mol. The van der Waals surface area contributed by atoms with Gasteiger partial charge in [-0.3, -0.25) is 9.55 Å². The zero-order valence-electron chi connectivity index (χ0n) is 44.6. The Labute approximate surface area is 468 Å². The number of hydrogen-bond donors (Lipinski definition) is 0. The molecule has 0 radical (unpaired) electrons. The van der Waals surface area contributed by atoms with E-state index in [9.17, 15) is 0 Å². The third kappa shape index (κ3) is 13.8. The van der Waals surface area contributed by atoms with Crippen LogP contribution >= 0.6 is 0 Å². The topological polar surface area (TPSA) is 56.5 Å². The average molecular weight is 1020 g/mol. The fraction of sp³-hybridized carbons (Fsp3) is 0.0400. The molecule has 0 unspecified atom stereocenters. The van der Waals surface area contributed by atoms with Gasteiger partial charge in [-0.05, 0) is 133 Å². The van der Waals surface area contributed by atoms with Crippen LogP contribution in [0.5, 0.6) is 0 Å². The van der Waals surface area contributed by atoms with Gasteiger partial charge in [0.2, 0.25) is 0 Å². The summed E-state index contributed by atoms with van der Waals surface area (Å²) in [4.78, 5) is 18.0. The maximum absolute atomic E-state index is 4.55. The molecule has 0 amide bonds. The number of rotatable bonds is 1. The molecule has 0 aliphatic heterocycles. The normalized spacial score (nSPS) is 10.0. The van der Waals surface area contributed by atoms with Crippen LogP contribution in [-0.2, 0) is 0 Å². The lowest BCUT2D eigenvalue weighted by atomic mass is 10.0. The fourth-order valence-corrected chi connectivity index (χ4v) is 8.70. The fourth-order valence-electron chi connectivity index (χ4n) is 8.70. The lowest BCUT2D eigenvalue weighted by Gasteiger charge is -2.03. The van der Waals surface area contributed by atoms with Crippen LogP contribution in [-0.4, -0.2) is 24.5 Å². The molecule has 10 aromatic carbocycles.